The van der Waals surface area contributed by atoms with Crippen LogP contribution in [0.5, 0.6) is 5.88 Å². The Kier molecular flexibility index (Phi) is 8.24. The predicted molar refractivity (Wildman–Crippen MR) is 103 cm³/mol. The molecular formula is C18H21BrN2O3S. The highest BCUT2D eigenvalue weighted by molar-refractivity contribution is 9.10. The first-order valence-electron chi connectivity index (χ1n) is 7.81. The highest BCUT2D eigenvalue weighted by Crippen LogP contribution is 2.25. The smallest absolute Gasteiger partial charge is 0.230 e. The molecule has 134 valence electrons. The van der Waals surface area contributed by atoms with Gasteiger partial charge in [0.05, 0.1) is 12.4 Å². The number of carbonyl (C=O) groups excluding carboxylic acids is 1. The topological polar surface area (TPSA) is 60.5 Å². The van der Waals surface area contributed by atoms with E-state index in [1.165, 1.54) is 11.8 Å². The number of pyridine rings is 1. The van der Waals surface area contributed by atoms with E-state index >= 15 is 0 Å². The largest absolute Gasteiger partial charge is 0.475 e. The molecule has 0 aliphatic heterocycles. The Hall–Kier alpha value is -1.57. The molecular weight excluding hydrogens is 404 g/mol. The third-order valence-electron chi connectivity index (χ3n) is 3.32. The highest BCUT2D eigenvalue weighted by atomic mass is 79.9. The van der Waals surface area contributed by atoms with Gasteiger partial charge in [-0.2, -0.15) is 0 Å². The molecule has 2 rings (SSSR count). The molecule has 7 heteroatoms. The number of carbonyl (C=O) groups is 1. The lowest BCUT2D eigenvalue weighted by molar-refractivity contribution is -0.118. The minimum atomic E-state index is -0.00672. The van der Waals surface area contributed by atoms with Crippen LogP contribution in [0.15, 0.2) is 45.9 Å². The molecule has 0 saturated heterocycles. The molecule has 0 atom stereocenters. The van der Waals surface area contributed by atoms with E-state index in [0.717, 1.165) is 20.5 Å². The van der Waals surface area contributed by atoms with Gasteiger partial charge < -0.3 is 14.8 Å². The number of halogens is 1. The summed E-state index contributed by atoms with van der Waals surface area (Å²) in [4.78, 5) is 17.3. The van der Waals surface area contributed by atoms with E-state index in [2.05, 4.69) is 26.2 Å². The van der Waals surface area contributed by atoms with Crippen molar-refractivity contribution in [1.82, 2.24) is 10.3 Å². The summed E-state index contributed by atoms with van der Waals surface area (Å²) in [6.07, 6.45) is 1.70. The number of aryl methyl sites for hydroxylation is 1. The van der Waals surface area contributed by atoms with Crippen LogP contribution in [0.1, 0.15) is 11.1 Å². The lowest BCUT2D eigenvalue weighted by Crippen LogP contribution is -2.24. The molecule has 1 heterocycles. The van der Waals surface area contributed by atoms with Crippen LogP contribution in [0.2, 0.25) is 0 Å². The fourth-order valence-corrected chi connectivity index (χ4v) is 3.32. The second-order valence-electron chi connectivity index (χ2n) is 5.32. The summed E-state index contributed by atoms with van der Waals surface area (Å²) in [6, 6.07) is 9.72. The van der Waals surface area contributed by atoms with E-state index in [4.69, 9.17) is 9.47 Å². The summed E-state index contributed by atoms with van der Waals surface area (Å²) in [5, 5.41) is 2.90. The van der Waals surface area contributed by atoms with Crippen LogP contribution in [0, 0.1) is 6.92 Å². The second kappa shape index (κ2) is 10.4. The van der Waals surface area contributed by atoms with Gasteiger partial charge in [0.1, 0.15) is 6.61 Å². The van der Waals surface area contributed by atoms with E-state index in [9.17, 15) is 4.79 Å². The van der Waals surface area contributed by atoms with Crippen LogP contribution < -0.4 is 10.1 Å². The summed E-state index contributed by atoms with van der Waals surface area (Å²) >= 11 is 4.97. The molecule has 2 aromatic rings. The minimum Gasteiger partial charge on any atom is -0.475 e. The Morgan fingerprint density at radius 2 is 2.12 bits per heavy atom. The zero-order chi connectivity index (χ0) is 18.1. The number of rotatable bonds is 9. The number of nitrogens with one attached hydrogen (secondary N) is 1. The first-order valence-corrected chi connectivity index (χ1v) is 9.58. The molecule has 0 spiro atoms. The van der Waals surface area contributed by atoms with Gasteiger partial charge in [-0.05, 0) is 36.2 Å². The molecule has 0 aliphatic carbocycles. The number of methoxy groups -OCH3 is 1. The molecule has 1 N–H and O–H groups in total. The van der Waals surface area contributed by atoms with Crippen molar-refractivity contribution in [3.63, 3.8) is 0 Å². The number of ether oxygens (including phenoxy) is 2. The van der Waals surface area contributed by atoms with Crippen molar-refractivity contribution in [2.45, 2.75) is 18.4 Å². The molecule has 25 heavy (non-hydrogen) atoms. The maximum atomic E-state index is 12.0. The quantitative estimate of drug-likeness (QED) is 0.492. The average molecular weight is 425 g/mol. The van der Waals surface area contributed by atoms with Crippen molar-refractivity contribution in [3.05, 3.63) is 52.1 Å². The van der Waals surface area contributed by atoms with Gasteiger partial charge in [0.15, 0.2) is 0 Å². The molecule has 5 nitrogen and oxygen atoms in total. The summed E-state index contributed by atoms with van der Waals surface area (Å²) < 4.78 is 11.4. The lowest BCUT2D eigenvalue weighted by Gasteiger charge is -2.08. The number of hydrogen-bond acceptors (Lipinski definition) is 5. The Morgan fingerprint density at radius 3 is 2.80 bits per heavy atom. The lowest BCUT2D eigenvalue weighted by atomic mass is 10.2. The van der Waals surface area contributed by atoms with Crippen molar-refractivity contribution in [3.8, 4) is 5.88 Å². The molecule has 0 bridgehead atoms. The number of thioether (sulfide) groups is 1. The van der Waals surface area contributed by atoms with Crippen molar-refractivity contribution in [2.75, 3.05) is 26.1 Å². The average Bonchev–Trinajstić information content (AvgIpc) is 2.60. The van der Waals surface area contributed by atoms with Gasteiger partial charge in [-0.25, -0.2) is 4.98 Å². The van der Waals surface area contributed by atoms with E-state index in [1.807, 2.05) is 31.2 Å². The summed E-state index contributed by atoms with van der Waals surface area (Å²) in [7, 11) is 1.62. The van der Waals surface area contributed by atoms with Crippen molar-refractivity contribution in [2.24, 2.45) is 0 Å². The van der Waals surface area contributed by atoms with Gasteiger partial charge in [-0.3, -0.25) is 4.79 Å². The Morgan fingerprint density at radius 1 is 1.28 bits per heavy atom. The third kappa shape index (κ3) is 7.05. The molecule has 1 amide bonds. The standard InChI is InChI=1S/C18H21BrN2O3S/c1-13-9-15(19)4-5-16(13)25-12-17(22)20-10-14-3-6-18(21-11-14)24-8-7-23-2/h3-6,9,11H,7-8,10,12H2,1-2H3,(H,20,22). The van der Waals surface area contributed by atoms with Crippen molar-refractivity contribution < 1.29 is 14.3 Å². The number of hydrogen-bond donors (Lipinski definition) is 1. The van der Waals surface area contributed by atoms with Crippen molar-refractivity contribution in [1.29, 1.82) is 0 Å². The predicted octanol–water partition coefficient (Wildman–Crippen LogP) is 3.59. The second-order valence-corrected chi connectivity index (χ2v) is 7.25. The van der Waals surface area contributed by atoms with E-state index in [1.54, 1.807) is 19.4 Å². The van der Waals surface area contributed by atoms with Crippen LogP contribution in [-0.4, -0.2) is 37.0 Å². The van der Waals surface area contributed by atoms with Crippen LogP contribution in [0.25, 0.3) is 0 Å². The zero-order valence-electron chi connectivity index (χ0n) is 14.3. The number of aromatic nitrogens is 1. The first kappa shape index (κ1) is 19.8. The van der Waals surface area contributed by atoms with Gasteiger partial charge in [0.25, 0.3) is 0 Å². The maximum absolute atomic E-state index is 12.0. The number of amides is 1. The minimum absolute atomic E-state index is 0.00672. The van der Waals surface area contributed by atoms with Gasteiger partial charge >= 0.3 is 0 Å². The third-order valence-corrected chi connectivity index (χ3v) is 4.99. The van der Waals surface area contributed by atoms with Crippen LogP contribution in [-0.2, 0) is 16.1 Å². The Balaban J connectivity index is 1.74. The van der Waals surface area contributed by atoms with Crippen LogP contribution in [0.4, 0.5) is 0 Å². The van der Waals surface area contributed by atoms with Crippen LogP contribution in [0.3, 0.4) is 0 Å². The molecule has 0 radical (unpaired) electrons. The summed E-state index contributed by atoms with van der Waals surface area (Å²) in [5.74, 6) is 0.926. The summed E-state index contributed by atoms with van der Waals surface area (Å²) in [5.41, 5.74) is 2.08. The molecule has 0 fully saturated rings. The molecule has 0 aliphatic rings. The molecule has 1 aromatic heterocycles. The molecule has 0 unspecified atom stereocenters. The SMILES string of the molecule is COCCOc1ccc(CNC(=O)CSc2ccc(Br)cc2C)cn1. The van der Waals surface area contributed by atoms with Crippen molar-refractivity contribution >= 4 is 33.6 Å². The van der Waals surface area contributed by atoms with E-state index in [-0.39, 0.29) is 5.91 Å². The van der Waals surface area contributed by atoms with Gasteiger partial charge in [0.2, 0.25) is 11.8 Å². The monoisotopic (exact) mass is 424 g/mol. The molecule has 0 saturated carbocycles. The summed E-state index contributed by atoms with van der Waals surface area (Å²) in [6.45, 7) is 3.47. The number of benzene rings is 1. The normalized spacial score (nSPS) is 10.5. The van der Waals surface area contributed by atoms with Gasteiger partial charge in [0, 0.05) is 35.3 Å². The Bertz CT molecular complexity index is 695. The van der Waals surface area contributed by atoms with Crippen LogP contribution >= 0.6 is 27.7 Å². The fraction of sp³-hybridized carbons (Fsp3) is 0.333. The highest BCUT2D eigenvalue weighted by Gasteiger charge is 2.06. The fourth-order valence-electron chi connectivity index (χ4n) is 2.00. The van der Waals surface area contributed by atoms with E-state index < -0.39 is 0 Å². The zero-order valence-corrected chi connectivity index (χ0v) is 16.7. The van der Waals surface area contributed by atoms with Gasteiger partial charge in [-0.1, -0.05) is 22.0 Å². The van der Waals surface area contributed by atoms with Gasteiger partial charge in [-0.15, -0.1) is 11.8 Å². The first-order chi connectivity index (χ1) is 12.1. The maximum Gasteiger partial charge on any atom is 0.230 e. The Labute approximate surface area is 160 Å². The van der Waals surface area contributed by atoms with E-state index in [0.29, 0.717) is 31.4 Å². The molecule has 1 aromatic carbocycles. The number of nitrogens with zero attached hydrogens (tertiary/aromatic N) is 1.